The van der Waals surface area contributed by atoms with Crippen molar-refractivity contribution in [2.24, 2.45) is 10.8 Å². The van der Waals surface area contributed by atoms with Crippen LogP contribution in [0.3, 0.4) is 0 Å². The highest BCUT2D eigenvalue weighted by atomic mass is 28.4. The second-order valence-electron chi connectivity index (χ2n) is 12.4. The molecule has 6 nitrogen and oxygen atoms in total. The van der Waals surface area contributed by atoms with E-state index in [4.69, 9.17) is 9.16 Å². The summed E-state index contributed by atoms with van der Waals surface area (Å²) < 4.78 is 57.0. The number of halogens is 3. The smallest absolute Gasteiger partial charge is 0.426 e. The number of hydrogen-bond donors (Lipinski definition) is 2. The van der Waals surface area contributed by atoms with Gasteiger partial charge in [-0.3, -0.25) is 0 Å². The van der Waals surface area contributed by atoms with Gasteiger partial charge in [0, 0.05) is 11.6 Å². The van der Waals surface area contributed by atoms with Crippen LogP contribution in [0.1, 0.15) is 48.5 Å². The summed E-state index contributed by atoms with van der Waals surface area (Å²) in [5, 5.41) is 11.4. The van der Waals surface area contributed by atoms with Crippen molar-refractivity contribution in [3.8, 4) is 0 Å². The first-order valence-corrected chi connectivity index (χ1v) is 14.7. The Kier molecular flexibility index (Phi) is 8.49. The molecule has 2 aromatic rings. The molecule has 3 rings (SSSR count). The molecule has 2 atom stereocenters. The van der Waals surface area contributed by atoms with E-state index >= 15 is 0 Å². The zero-order chi connectivity index (χ0) is 29.3. The first-order chi connectivity index (χ1) is 17.9. The minimum Gasteiger partial charge on any atom is -0.464 e. The molecule has 0 aromatic heterocycles. The zero-order valence-corrected chi connectivity index (χ0v) is 24.6. The Hall–Kier alpha value is -2.66. The summed E-state index contributed by atoms with van der Waals surface area (Å²) in [7, 11) is -3.25. The molecule has 1 amide bonds. The molecule has 0 aliphatic carbocycles. The summed E-state index contributed by atoms with van der Waals surface area (Å²) in [4.78, 5) is 11.5. The van der Waals surface area contributed by atoms with E-state index < -0.39 is 55.4 Å². The normalized spacial score (nSPS) is 20.2. The van der Waals surface area contributed by atoms with Crippen molar-refractivity contribution in [2.75, 3.05) is 13.2 Å². The lowest BCUT2D eigenvalue weighted by molar-refractivity contribution is -0.260. The van der Waals surface area contributed by atoms with Crippen LogP contribution < -0.4 is 15.8 Å². The SMILES string of the molecule is CC(C)(C)C1(OCC(C)(CO[Si](c2ccccc2)(c2ccccc2)C(C)(C)C)C(F)(F)F)C=CN(C(=O)O)N1. The van der Waals surface area contributed by atoms with E-state index in [1.54, 1.807) is 20.8 Å². The van der Waals surface area contributed by atoms with Gasteiger partial charge in [0.1, 0.15) is 5.41 Å². The van der Waals surface area contributed by atoms with Gasteiger partial charge in [0.05, 0.1) is 13.2 Å². The van der Waals surface area contributed by atoms with Gasteiger partial charge >= 0.3 is 12.3 Å². The van der Waals surface area contributed by atoms with Crippen LogP contribution in [-0.2, 0) is 9.16 Å². The van der Waals surface area contributed by atoms with Gasteiger partial charge in [0.15, 0.2) is 5.72 Å². The second kappa shape index (κ2) is 10.7. The van der Waals surface area contributed by atoms with Crippen LogP contribution in [0.15, 0.2) is 72.9 Å². The molecule has 0 spiro atoms. The lowest BCUT2D eigenvalue weighted by Gasteiger charge is -2.46. The number of nitrogens with one attached hydrogen (secondary N) is 1. The Bertz CT molecular complexity index is 1120. The van der Waals surface area contributed by atoms with Gasteiger partial charge in [-0.1, -0.05) is 102 Å². The van der Waals surface area contributed by atoms with Crippen LogP contribution in [0.2, 0.25) is 5.04 Å². The summed E-state index contributed by atoms with van der Waals surface area (Å²) >= 11 is 0. The predicted octanol–water partition coefficient (Wildman–Crippen LogP) is 5.90. The van der Waals surface area contributed by atoms with E-state index in [9.17, 15) is 23.1 Å². The molecule has 214 valence electrons. The van der Waals surface area contributed by atoms with E-state index in [1.807, 2.05) is 81.4 Å². The van der Waals surface area contributed by atoms with Crippen molar-refractivity contribution in [1.82, 2.24) is 10.4 Å². The van der Waals surface area contributed by atoms with Crippen LogP contribution in [0.4, 0.5) is 18.0 Å². The Labute approximate surface area is 229 Å². The summed E-state index contributed by atoms with van der Waals surface area (Å²) in [6.07, 6.45) is -3.28. The van der Waals surface area contributed by atoms with E-state index in [1.165, 1.54) is 12.3 Å². The summed E-state index contributed by atoms with van der Waals surface area (Å²) in [5.41, 5.74) is -1.94. The first kappa shape index (κ1) is 30.9. The van der Waals surface area contributed by atoms with Gasteiger partial charge in [-0.2, -0.15) is 18.6 Å². The molecule has 0 fully saturated rings. The lowest BCUT2D eigenvalue weighted by Crippen LogP contribution is -2.68. The van der Waals surface area contributed by atoms with Crippen LogP contribution >= 0.6 is 0 Å². The molecular formula is C29H39F3N2O4Si. The van der Waals surface area contributed by atoms with Crippen molar-refractivity contribution in [1.29, 1.82) is 0 Å². The van der Waals surface area contributed by atoms with Gasteiger partial charge in [0.25, 0.3) is 8.32 Å². The summed E-state index contributed by atoms with van der Waals surface area (Å²) in [6.45, 7) is 11.0. The number of alkyl halides is 3. The van der Waals surface area contributed by atoms with E-state index in [-0.39, 0.29) is 0 Å². The third-order valence-electron chi connectivity index (χ3n) is 7.39. The predicted molar refractivity (Wildman–Crippen MR) is 148 cm³/mol. The minimum absolute atomic E-state index is 0.507. The molecule has 1 heterocycles. The van der Waals surface area contributed by atoms with Crippen molar-refractivity contribution >= 4 is 24.8 Å². The fraction of sp³-hybridized carbons (Fsp3) is 0.483. The van der Waals surface area contributed by atoms with E-state index in [0.29, 0.717) is 0 Å². The number of nitrogens with zero attached hydrogens (tertiary/aromatic N) is 1. The Morgan fingerprint density at radius 2 is 1.38 bits per heavy atom. The topological polar surface area (TPSA) is 71.0 Å². The molecule has 0 bridgehead atoms. The Morgan fingerprint density at radius 1 is 0.897 bits per heavy atom. The third-order valence-corrected chi connectivity index (χ3v) is 12.4. The van der Waals surface area contributed by atoms with Crippen LogP contribution in [0.25, 0.3) is 0 Å². The Morgan fingerprint density at radius 3 is 1.74 bits per heavy atom. The largest absolute Gasteiger partial charge is 0.464 e. The van der Waals surface area contributed by atoms with Gasteiger partial charge in [-0.15, -0.1) is 0 Å². The fourth-order valence-electron chi connectivity index (χ4n) is 4.77. The molecular weight excluding hydrogens is 525 g/mol. The highest BCUT2D eigenvalue weighted by molar-refractivity contribution is 6.99. The molecule has 0 saturated heterocycles. The van der Waals surface area contributed by atoms with Gasteiger partial charge in [-0.05, 0) is 28.4 Å². The molecule has 10 heteroatoms. The molecule has 1 aliphatic heterocycles. The second-order valence-corrected chi connectivity index (χ2v) is 16.7. The molecule has 39 heavy (non-hydrogen) atoms. The Balaban J connectivity index is 2.03. The average Bonchev–Trinajstić information content (AvgIpc) is 3.30. The lowest BCUT2D eigenvalue weighted by atomic mass is 9.83. The quantitative estimate of drug-likeness (QED) is 0.391. The fourth-order valence-corrected chi connectivity index (χ4v) is 9.46. The number of carbonyl (C=O) groups is 1. The number of hydrazine groups is 1. The van der Waals surface area contributed by atoms with Crippen LogP contribution in [0.5, 0.6) is 0 Å². The van der Waals surface area contributed by atoms with E-state index in [2.05, 4.69) is 5.43 Å². The van der Waals surface area contributed by atoms with Crippen molar-refractivity contribution in [3.63, 3.8) is 0 Å². The highest BCUT2D eigenvalue weighted by Gasteiger charge is 2.58. The number of hydrogen-bond acceptors (Lipinski definition) is 4. The minimum atomic E-state index is -4.67. The number of ether oxygens (including phenoxy) is 1. The number of rotatable bonds is 8. The highest BCUT2D eigenvalue weighted by Crippen LogP contribution is 2.45. The zero-order valence-electron chi connectivity index (χ0n) is 23.6. The standard InChI is InChI=1S/C29H39F3N2O4Si/c1-25(2,3)28(18-19-34(33-28)24(35)36)37-20-27(7,29(30,31)32)21-38-39(26(4,5)6,22-14-10-8-11-15-22)23-16-12-9-13-17-23/h8-19,33H,20-21H2,1-7H3,(H,35,36). The monoisotopic (exact) mass is 564 g/mol. The van der Waals surface area contributed by atoms with Gasteiger partial charge in [-0.25, -0.2) is 9.80 Å². The molecule has 2 N–H and O–H groups in total. The maximum absolute atomic E-state index is 14.8. The molecule has 2 aromatic carbocycles. The molecule has 2 unspecified atom stereocenters. The third kappa shape index (κ3) is 5.94. The summed E-state index contributed by atoms with van der Waals surface area (Å²) in [6, 6.07) is 18.9. The molecule has 1 aliphatic rings. The molecule has 0 saturated carbocycles. The van der Waals surface area contributed by atoms with Crippen molar-refractivity contribution in [2.45, 2.75) is 65.4 Å². The van der Waals surface area contributed by atoms with Gasteiger partial charge < -0.3 is 14.3 Å². The maximum atomic E-state index is 14.8. The number of amides is 1. The molecule has 0 radical (unpaired) electrons. The van der Waals surface area contributed by atoms with Crippen molar-refractivity contribution < 1.29 is 32.2 Å². The van der Waals surface area contributed by atoms with Gasteiger partial charge in [0.2, 0.25) is 0 Å². The van der Waals surface area contributed by atoms with Crippen LogP contribution in [0, 0.1) is 10.8 Å². The van der Waals surface area contributed by atoms with Crippen molar-refractivity contribution in [3.05, 3.63) is 72.9 Å². The average molecular weight is 565 g/mol. The number of carboxylic acid groups (broad SMARTS) is 1. The first-order valence-electron chi connectivity index (χ1n) is 12.8. The van der Waals surface area contributed by atoms with E-state index in [0.717, 1.165) is 22.3 Å². The van der Waals surface area contributed by atoms with Crippen LogP contribution in [-0.4, -0.2) is 49.6 Å². The summed E-state index contributed by atoms with van der Waals surface area (Å²) in [5.74, 6) is 0. The maximum Gasteiger partial charge on any atom is 0.426 e. The number of benzene rings is 2.